The zero-order valence-electron chi connectivity index (χ0n) is 68.1. The maximum absolute atomic E-state index is 15.5. The summed E-state index contributed by atoms with van der Waals surface area (Å²) < 4.78 is 65.9. The Morgan fingerprint density at radius 3 is 1.75 bits per heavy atom. The summed E-state index contributed by atoms with van der Waals surface area (Å²) in [4.78, 5) is 156. The Morgan fingerprint density at radius 2 is 1.15 bits per heavy atom. The topological polar surface area (TPSA) is 420 Å². The highest BCUT2D eigenvalue weighted by Gasteiger charge is 2.41. The van der Waals surface area contributed by atoms with E-state index in [1.165, 1.54) is 41.9 Å². The molecule has 8 heterocycles. The second kappa shape index (κ2) is 49.2. The van der Waals surface area contributed by atoms with E-state index in [9.17, 15) is 43.2 Å². The lowest BCUT2D eigenvalue weighted by Gasteiger charge is -2.31. The van der Waals surface area contributed by atoms with Crippen molar-refractivity contribution in [2.75, 3.05) is 218 Å². The van der Waals surface area contributed by atoms with E-state index in [-0.39, 0.29) is 135 Å². The number of imide groups is 2. The number of ether oxygens (including phenoxy) is 12. The third-order valence-corrected chi connectivity index (χ3v) is 20.0. The van der Waals surface area contributed by atoms with Gasteiger partial charge in [0.25, 0.3) is 23.6 Å². The molecule has 8 bridgehead atoms. The first kappa shape index (κ1) is 92.4. The molecule has 2 aromatic rings. The second-order valence-electron chi connectivity index (χ2n) is 28.1. The normalized spacial score (nSPS) is 16.4. The number of aliphatic hydroxyl groups excluding tert-OH is 1. The maximum Gasteiger partial charge on any atom is 0.330 e. The van der Waals surface area contributed by atoms with Crippen LogP contribution in [0.4, 0.5) is 0 Å². The lowest BCUT2D eigenvalue weighted by molar-refractivity contribution is -0.140. The van der Waals surface area contributed by atoms with Crippen molar-refractivity contribution in [3.05, 3.63) is 93.4 Å². The molecule has 0 aromatic carbocycles. The number of nitrogens with one attached hydrogen (secondary N) is 6. The fourth-order valence-electron chi connectivity index (χ4n) is 13.3. The van der Waals surface area contributed by atoms with Gasteiger partial charge in [0, 0.05) is 131 Å². The zero-order valence-corrected chi connectivity index (χ0v) is 68.1. The highest BCUT2D eigenvalue weighted by molar-refractivity contribution is 6.23. The molecule has 0 aliphatic carbocycles. The first-order valence-electron chi connectivity index (χ1n) is 39.9. The molecule has 4 atom stereocenters. The minimum atomic E-state index is -0.990. The SMILES string of the molecule is CCC1=C(C)c2cc3nc(cc4[nH]c(c5c6[nH]c(cc1n2)c(C)c6C(=O)N(CCN1CCOCC1)C5=O)[C@@H](CCC(=O)N(C)CCNC(=O)[C@H](C)NC(=O)[C@H](C)NC(=O)CCOCCOCCOCCOCCOCCOCCOCCOCCNC(=O)CCN1C(=O)C=CC1=O)[C@@H]4C)C(C)=C3/C=C/C(=O)OCCOCCOCCO. The van der Waals surface area contributed by atoms with E-state index in [4.69, 9.17) is 71.9 Å². The molecule has 0 spiro atoms. The molecule has 9 amide bonds. The number of hydrogen-bond acceptors (Lipinski definition) is 26. The Bertz CT molecular complexity index is 4020. The van der Waals surface area contributed by atoms with Crippen molar-refractivity contribution >= 4 is 92.5 Å². The van der Waals surface area contributed by atoms with Gasteiger partial charge in [-0.15, -0.1) is 0 Å². The fourth-order valence-corrected chi connectivity index (χ4v) is 13.3. The number of aryl methyl sites for hydroxylation is 1. The first-order valence-corrected chi connectivity index (χ1v) is 39.9. The highest BCUT2D eigenvalue weighted by Crippen LogP contribution is 2.45. The van der Waals surface area contributed by atoms with Gasteiger partial charge in [-0.25, -0.2) is 14.8 Å². The molecule has 0 radical (unpaired) electrons. The number of H-pyrrole nitrogens is 2. The van der Waals surface area contributed by atoms with Gasteiger partial charge < -0.3 is 98.1 Å². The number of amides is 9. The Labute approximate surface area is 676 Å². The summed E-state index contributed by atoms with van der Waals surface area (Å²) in [6, 6.07) is 3.78. The summed E-state index contributed by atoms with van der Waals surface area (Å²) >= 11 is 0. The van der Waals surface area contributed by atoms with E-state index in [1.54, 1.807) is 13.1 Å². The minimum Gasteiger partial charge on any atom is -0.460 e. The van der Waals surface area contributed by atoms with Crippen LogP contribution in [0.1, 0.15) is 146 Å². The van der Waals surface area contributed by atoms with Crippen molar-refractivity contribution in [3.63, 3.8) is 0 Å². The number of likely N-dealkylation sites (N-methyl/N-ethyl adjacent to an activating group) is 1. The number of nitrogens with zero attached hydrogens (tertiary/aromatic N) is 6. The lowest BCUT2D eigenvalue weighted by Crippen LogP contribution is -2.52. The van der Waals surface area contributed by atoms with E-state index < -0.39 is 65.3 Å². The lowest BCUT2D eigenvalue weighted by atomic mass is 9.84. The summed E-state index contributed by atoms with van der Waals surface area (Å²) in [6.45, 7) is 22.5. The van der Waals surface area contributed by atoms with Gasteiger partial charge >= 0.3 is 5.97 Å². The molecule has 8 rings (SSSR count). The van der Waals surface area contributed by atoms with Crippen LogP contribution in [0.3, 0.4) is 0 Å². The van der Waals surface area contributed by atoms with Crippen molar-refractivity contribution < 1.29 is 110 Å². The van der Waals surface area contributed by atoms with Gasteiger partial charge in [-0.05, 0) is 94.0 Å². The van der Waals surface area contributed by atoms with Crippen LogP contribution < -0.4 is 21.3 Å². The minimum absolute atomic E-state index is 0.00353. The van der Waals surface area contributed by atoms with Crippen LogP contribution in [0, 0.1) is 6.92 Å². The molecule has 7 N–H and O–H groups in total. The Kier molecular flexibility index (Phi) is 39.2. The van der Waals surface area contributed by atoms with Gasteiger partial charge in [0.2, 0.25) is 29.5 Å². The molecule has 1 saturated heterocycles. The van der Waals surface area contributed by atoms with Crippen LogP contribution >= 0.6 is 0 Å². The number of allylic oxidation sites excluding steroid dienone is 5. The predicted octanol–water partition coefficient (Wildman–Crippen LogP) is 2.88. The molecule has 6 aliphatic rings. The number of carbonyl (C=O) groups excluding carboxylic acids is 10. The van der Waals surface area contributed by atoms with Gasteiger partial charge in [0.15, 0.2) is 0 Å². The fraction of sp³-hybridized carbons (Fsp3) is 0.605. The molecule has 2 aromatic heterocycles. The third kappa shape index (κ3) is 28.3. The number of morpholine rings is 1. The molecule has 35 nitrogen and oxygen atoms in total. The van der Waals surface area contributed by atoms with Crippen molar-refractivity contribution in [3.8, 4) is 0 Å². The Morgan fingerprint density at radius 1 is 0.595 bits per heavy atom. The number of rotatable bonds is 54. The third-order valence-electron chi connectivity index (χ3n) is 20.0. The number of aromatic nitrogens is 4. The second-order valence-corrected chi connectivity index (χ2v) is 28.1. The van der Waals surface area contributed by atoms with Crippen molar-refractivity contribution in [2.45, 2.75) is 104 Å². The molecule has 35 heteroatoms. The van der Waals surface area contributed by atoms with Crippen LogP contribution in [0.5, 0.6) is 0 Å². The van der Waals surface area contributed by atoms with Crippen LogP contribution in [0.15, 0.2) is 42.5 Å². The average molecular weight is 1630 g/mol. The smallest absolute Gasteiger partial charge is 0.330 e. The van der Waals surface area contributed by atoms with Gasteiger partial charge in [-0.1, -0.05) is 13.8 Å². The largest absolute Gasteiger partial charge is 0.460 e. The van der Waals surface area contributed by atoms with Gasteiger partial charge in [-0.2, -0.15) is 0 Å². The molecule has 116 heavy (non-hydrogen) atoms. The summed E-state index contributed by atoms with van der Waals surface area (Å²) in [5, 5.41) is 19.7. The van der Waals surface area contributed by atoms with Gasteiger partial charge in [0.05, 0.1) is 191 Å². The molecule has 0 saturated carbocycles. The monoisotopic (exact) mass is 1620 g/mol. The number of aliphatic hydroxyl groups is 1. The van der Waals surface area contributed by atoms with E-state index in [1.807, 2.05) is 52.8 Å². The number of carbonyl (C=O) groups is 10. The molecular formula is C81H116N12O23. The number of fused-ring (bicyclic) bond motifs is 8. The maximum atomic E-state index is 15.5. The molecule has 638 valence electrons. The number of esters is 1. The summed E-state index contributed by atoms with van der Waals surface area (Å²) in [7, 11) is 1.63. The first-order chi connectivity index (χ1) is 56.1. The molecule has 1 fully saturated rings. The molecular weight excluding hydrogens is 1510 g/mol. The quantitative estimate of drug-likeness (QED) is 0.0217. The van der Waals surface area contributed by atoms with Crippen LogP contribution in [-0.4, -0.2) is 334 Å². The zero-order chi connectivity index (χ0) is 83.3. The van der Waals surface area contributed by atoms with Crippen molar-refractivity contribution in [1.29, 1.82) is 0 Å². The van der Waals surface area contributed by atoms with Gasteiger partial charge in [-0.3, -0.25) is 57.9 Å². The summed E-state index contributed by atoms with van der Waals surface area (Å²) in [6.07, 6.45) is 6.30. The highest BCUT2D eigenvalue weighted by atomic mass is 16.6. The van der Waals surface area contributed by atoms with E-state index in [0.717, 1.165) is 21.6 Å². The Balaban J connectivity index is 0.736. The van der Waals surface area contributed by atoms with E-state index in [0.29, 0.717) is 194 Å². The number of hydrogen-bond donors (Lipinski definition) is 7. The van der Waals surface area contributed by atoms with Crippen LogP contribution in [-0.2, 0) is 95.2 Å². The van der Waals surface area contributed by atoms with E-state index in [2.05, 4.69) is 36.1 Å². The predicted molar refractivity (Wildman–Crippen MR) is 425 cm³/mol. The summed E-state index contributed by atoms with van der Waals surface area (Å²) in [5.41, 5.74) is 9.26. The van der Waals surface area contributed by atoms with E-state index >= 15 is 4.79 Å². The molecule has 0 unspecified atom stereocenters. The van der Waals surface area contributed by atoms with Gasteiger partial charge in [0.1, 0.15) is 18.7 Å². The molecule has 6 aliphatic heterocycles. The van der Waals surface area contributed by atoms with Crippen LogP contribution in [0.25, 0.3) is 33.3 Å². The standard InChI is InChI=1S/C81H116N12O23/c1-9-59-53(2)63-51-67-60(11-15-73(100)116-49-48-115-37-34-108-31-26-94)54(3)62(87-67)50-64-55(4)61(76(88-64)75-77-74(56(5)65(89-77)52-66(59)86-63)80(103)93(81(75)104)23-22-91-24-29-107-30-25-91)10-12-70(97)90(8)21-18-83-78(101)57(6)85-79(102)58(7)84-69(96)17-27-105-32-35-109-38-40-111-42-44-113-46-47-114-45-43-112-41-39-110-36-33-106-28-19-82-68(95)16-20-92-71(98)13-14-72(92)99/h11,13-15,50-52,55,57-58,61,88-89,94H,9-10,12,16-49H2,1-8H3,(H,82,95)(H,83,101)(H,84,96)(H,85,102)/b15-11+,64-50?,66-52?,67-51?,76-75?/t55-,57-,58-,61-/m0/s1. The summed E-state index contributed by atoms with van der Waals surface area (Å²) in [5.74, 6) is -5.19. The van der Waals surface area contributed by atoms with Crippen molar-refractivity contribution in [2.24, 2.45) is 0 Å². The number of aromatic amines is 2. The van der Waals surface area contributed by atoms with Crippen LogP contribution in [0.2, 0.25) is 0 Å². The van der Waals surface area contributed by atoms with Crippen molar-refractivity contribution in [1.82, 2.24) is 60.8 Å². The Hall–Kier alpha value is -9.08. The average Bonchev–Trinajstić information content (AvgIpc) is 1.56.